The van der Waals surface area contributed by atoms with E-state index in [1.807, 2.05) is 0 Å². The van der Waals surface area contributed by atoms with Crippen LogP contribution in [0.1, 0.15) is 0 Å². The van der Waals surface area contributed by atoms with E-state index in [1.54, 1.807) is 0 Å². The van der Waals surface area contributed by atoms with E-state index in [0.717, 1.165) is 0 Å². The standard InChI is InChI=1S/Ce.NO3.H2O.O/c;2-1(3)4;;/h;;1H2;/q+3;-1;;-2. The van der Waals surface area contributed by atoms with E-state index >= 15 is 0 Å². The first kappa shape index (κ1) is 25.9. The van der Waals surface area contributed by atoms with Gasteiger partial charge in [-0.05, 0) is 0 Å². The SMILES string of the molecule is O.O=[N+]([O-])[O-].[Ce+3].[O-2]. The molecule has 0 rings (SSSR count). The molecule has 0 bridgehead atoms. The van der Waals surface area contributed by atoms with Gasteiger partial charge in [-0.3, -0.25) is 0 Å². The maximum Gasteiger partial charge on any atom is 3.00 e. The van der Waals surface area contributed by atoms with Crippen LogP contribution in [0.25, 0.3) is 0 Å². The van der Waals surface area contributed by atoms with E-state index in [2.05, 4.69) is 0 Å². The molecule has 1 radical (unpaired) electrons. The summed E-state index contributed by atoms with van der Waals surface area (Å²) in [7, 11) is 0. The molecular formula is H2CeNO5. The molecule has 2 N–H and O–H groups in total. The second-order valence-electron chi connectivity index (χ2n) is 0.224. The van der Waals surface area contributed by atoms with Gasteiger partial charge in [0.05, 0.1) is 5.09 Å². The Balaban J connectivity index is -0.0000000150. The summed E-state index contributed by atoms with van der Waals surface area (Å²) in [6.07, 6.45) is 0. The van der Waals surface area contributed by atoms with Gasteiger partial charge in [-0.2, -0.15) is 0 Å². The van der Waals surface area contributed by atoms with Crippen LogP contribution in [-0.2, 0) is 5.48 Å². The van der Waals surface area contributed by atoms with Crippen molar-refractivity contribution in [3.05, 3.63) is 15.3 Å². The maximum absolute atomic E-state index is 8.25. The van der Waals surface area contributed by atoms with Gasteiger partial charge in [0.2, 0.25) is 0 Å². The minimum absolute atomic E-state index is 0. The summed E-state index contributed by atoms with van der Waals surface area (Å²) in [5.74, 6) is 0. The van der Waals surface area contributed by atoms with Crippen molar-refractivity contribution in [3.63, 3.8) is 0 Å². The summed E-state index contributed by atoms with van der Waals surface area (Å²) in [6, 6.07) is 0. The fourth-order valence-corrected chi connectivity index (χ4v) is 0. The zero-order chi connectivity index (χ0) is 3.58. The molecule has 0 saturated carbocycles. The molecule has 0 amide bonds. The quantitative estimate of drug-likeness (QED) is 0.387. The van der Waals surface area contributed by atoms with E-state index < -0.39 is 5.09 Å². The second kappa shape index (κ2) is 16.1. The van der Waals surface area contributed by atoms with Gasteiger partial charge in [0.1, 0.15) is 0 Å². The Labute approximate surface area is 72.6 Å². The Bertz CT molecular complexity index is 31.1. The number of rotatable bonds is 0. The summed E-state index contributed by atoms with van der Waals surface area (Å²) >= 11 is 0. The Morgan fingerprint density at radius 1 is 1.29 bits per heavy atom. The average Bonchev–Trinajstić information content (AvgIpc) is 0.811. The van der Waals surface area contributed by atoms with Gasteiger partial charge >= 0.3 is 41.7 Å². The number of nitrogens with zero attached hydrogens (tertiary/aromatic N) is 1. The fourth-order valence-electron chi connectivity index (χ4n) is 0. The van der Waals surface area contributed by atoms with Crippen LogP contribution in [0.4, 0.5) is 0 Å². The smallest absolute Gasteiger partial charge is 2.00 e. The molecule has 6 nitrogen and oxygen atoms in total. The third kappa shape index (κ3) is 533. The van der Waals surface area contributed by atoms with Crippen molar-refractivity contribution in [3.8, 4) is 0 Å². The summed E-state index contributed by atoms with van der Waals surface area (Å²) in [6.45, 7) is 0. The molecular weight excluding hydrogens is 234 g/mol. The Kier molecular flexibility index (Phi) is 59.4. The second-order valence-corrected chi connectivity index (χ2v) is 0.224. The topological polar surface area (TPSA) is 126 Å². The number of hydrogen-bond acceptors (Lipinski definition) is 3. The van der Waals surface area contributed by atoms with Crippen molar-refractivity contribution in [1.29, 1.82) is 0 Å². The van der Waals surface area contributed by atoms with Gasteiger partial charge in [0.15, 0.2) is 0 Å². The normalized spacial score (nSPS) is 3.43. The van der Waals surface area contributed by atoms with E-state index in [0.29, 0.717) is 0 Å². The van der Waals surface area contributed by atoms with Crippen molar-refractivity contribution in [2.24, 2.45) is 0 Å². The van der Waals surface area contributed by atoms with Gasteiger partial charge in [0.25, 0.3) is 0 Å². The molecule has 0 fully saturated rings. The van der Waals surface area contributed by atoms with Crippen LogP contribution in [0.15, 0.2) is 0 Å². The van der Waals surface area contributed by atoms with Gasteiger partial charge in [-0.15, -0.1) is 0 Å². The first-order valence-electron chi connectivity index (χ1n) is 0.548. The molecule has 0 aromatic carbocycles. The third-order valence-corrected chi connectivity index (χ3v) is 0. The predicted molar refractivity (Wildman–Crippen MR) is 14.7 cm³/mol. The van der Waals surface area contributed by atoms with Gasteiger partial charge in [-0.25, -0.2) is 0 Å². The van der Waals surface area contributed by atoms with E-state index in [-0.39, 0.29) is 52.7 Å². The van der Waals surface area contributed by atoms with E-state index in [1.165, 1.54) is 0 Å². The van der Waals surface area contributed by atoms with Gasteiger partial charge in [0, 0.05) is 0 Å². The summed E-state index contributed by atoms with van der Waals surface area (Å²) < 4.78 is 0. The monoisotopic (exact) mass is 236 g/mol. The third-order valence-electron chi connectivity index (χ3n) is 0. The molecule has 0 heterocycles. The van der Waals surface area contributed by atoms with Crippen molar-refractivity contribution in [1.82, 2.24) is 0 Å². The van der Waals surface area contributed by atoms with Crippen LogP contribution in [0.3, 0.4) is 0 Å². The first-order chi connectivity index (χ1) is 1.73. The van der Waals surface area contributed by atoms with Crippen LogP contribution in [0.5, 0.6) is 0 Å². The molecule has 0 aliphatic rings. The Hall–Kier alpha value is 0.497. The minimum Gasteiger partial charge on any atom is -2.00 e. The largest absolute Gasteiger partial charge is 3.00 e. The molecule has 0 unspecified atom stereocenters. The van der Waals surface area contributed by atoms with Crippen molar-refractivity contribution in [2.75, 3.05) is 0 Å². The minimum atomic E-state index is -1.75. The van der Waals surface area contributed by atoms with Gasteiger partial charge < -0.3 is 26.3 Å². The summed E-state index contributed by atoms with van der Waals surface area (Å²) in [5, 5.41) is 14.8. The average molecular weight is 236 g/mol. The molecule has 7 heavy (non-hydrogen) atoms. The van der Waals surface area contributed by atoms with Crippen LogP contribution in [-0.4, -0.2) is 10.6 Å². The Morgan fingerprint density at radius 2 is 1.29 bits per heavy atom. The molecule has 0 aromatic heterocycles. The molecule has 0 atom stereocenters. The summed E-state index contributed by atoms with van der Waals surface area (Å²) in [4.78, 5) is 8.25. The van der Waals surface area contributed by atoms with Crippen molar-refractivity contribution < 1.29 is 57.8 Å². The molecule has 0 aliphatic heterocycles. The van der Waals surface area contributed by atoms with Crippen LogP contribution < -0.4 is 0 Å². The molecule has 0 saturated heterocycles. The molecule has 0 aromatic rings. The van der Waals surface area contributed by atoms with Crippen LogP contribution in [0, 0.1) is 57.1 Å². The van der Waals surface area contributed by atoms with Crippen LogP contribution >= 0.6 is 0 Å². The van der Waals surface area contributed by atoms with E-state index in [4.69, 9.17) is 15.3 Å². The van der Waals surface area contributed by atoms with E-state index in [9.17, 15) is 0 Å². The molecule has 7 heteroatoms. The van der Waals surface area contributed by atoms with Crippen LogP contribution in [0.2, 0.25) is 0 Å². The summed E-state index contributed by atoms with van der Waals surface area (Å²) in [5.41, 5.74) is 0. The fraction of sp³-hybridized carbons (Fsp3) is 0. The first-order valence-corrected chi connectivity index (χ1v) is 0.548. The van der Waals surface area contributed by atoms with Crippen molar-refractivity contribution in [2.45, 2.75) is 0 Å². The molecule has 0 aliphatic carbocycles. The zero-order valence-electron chi connectivity index (χ0n) is 3.08. The number of hydrogen-bond donors (Lipinski definition) is 0. The zero-order valence-corrected chi connectivity index (χ0v) is 6.22. The molecule has 41 valence electrons. The maximum atomic E-state index is 8.25. The molecule has 0 spiro atoms. The van der Waals surface area contributed by atoms with Gasteiger partial charge in [-0.1, -0.05) is 0 Å². The Morgan fingerprint density at radius 3 is 1.29 bits per heavy atom. The predicted octanol–water partition coefficient (Wildman–Crippen LogP) is -1.18. The van der Waals surface area contributed by atoms with Crippen molar-refractivity contribution >= 4 is 0 Å².